The van der Waals surface area contributed by atoms with E-state index in [0.717, 1.165) is 11.3 Å². The Kier molecular flexibility index (Phi) is 4.43. The van der Waals surface area contributed by atoms with Crippen molar-refractivity contribution in [2.45, 2.75) is 26.0 Å². The fraction of sp³-hybridized carbons (Fsp3) is 0.455. The van der Waals surface area contributed by atoms with Crippen LogP contribution in [0.5, 0.6) is 5.75 Å². The summed E-state index contributed by atoms with van der Waals surface area (Å²) in [6.07, 6.45) is 0.315. The fourth-order valence-electron chi connectivity index (χ4n) is 1.05. The Balaban J connectivity index is 2.42. The SMILES string of the molecule is C[C@H](O)CCOc1cc[c]c(CN)c1. The second kappa shape index (κ2) is 5.62. The normalized spacial score (nSPS) is 12.5. The van der Waals surface area contributed by atoms with Crippen molar-refractivity contribution < 1.29 is 9.84 Å². The van der Waals surface area contributed by atoms with Gasteiger partial charge in [0.25, 0.3) is 0 Å². The molecule has 3 heteroatoms. The highest BCUT2D eigenvalue weighted by Crippen LogP contribution is 2.12. The topological polar surface area (TPSA) is 55.5 Å². The van der Waals surface area contributed by atoms with Crippen LogP contribution in [0.2, 0.25) is 0 Å². The summed E-state index contributed by atoms with van der Waals surface area (Å²) in [6.45, 7) is 2.73. The van der Waals surface area contributed by atoms with Crippen molar-refractivity contribution >= 4 is 0 Å². The van der Waals surface area contributed by atoms with Gasteiger partial charge in [0.2, 0.25) is 0 Å². The summed E-state index contributed by atoms with van der Waals surface area (Å²) in [4.78, 5) is 0. The third-order valence-corrected chi connectivity index (χ3v) is 1.86. The predicted octanol–water partition coefficient (Wildman–Crippen LogP) is 1.10. The first-order valence-corrected chi connectivity index (χ1v) is 4.74. The Morgan fingerprint density at radius 2 is 2.43 bits per heavy atom. The first kappa shape index (κ1) is 11.0. The number of ether oxygens (including phenoxy) is 1. The number of aliphatic hydroxyl groups excluding tert-OH is 1. The quantitative estimate of drug-likeness (QED) is 0.738. The first-order chi connectivity index (χ1) is 6.72. The van der Waals surface area contributed by atoms with Crippen LogP contribution >= 0.6 is 0 Å². The maximum absolute atomic E-state index is 9.02. The number of nitrogens with two attached hydrogens (primary N) is 1. The highest BCUT2D eigenvalue weighted by molar-refractivity contribution is 5.27. The van der Waals surface area contributed by atoms with Crippen molar-refractivity contribution in [2.24, 2.45) is 5.73 Å². The Morgan fingerprint density at radius 1 is 1.64 bits per heavy atom. The summed E-state index contributed by atoms with van der Waals surface area (Å²) in [5.74, 6) is 0.782. The maximum atomic E-state index is 9.02. The van der Waals surface area contributed by atoms with Crippen LogP contribution in [-0.4, -0.2) is 17.8 Å². The minimum atomic E-state index is -0.320. The van der Waals surface area contributed by atoms with Gasteiger partial charge in [0.15, 0.2) is 0 Å². The molecule has 0 unspecified atom stereocenters. The van der Waals surface area contributed by atoms with Crippen molar-refractivity contribution in [1.82, 2.24) is 0 Å². The molecule has 14 heavy (non-hydrogen) atoms. The monoisotopic (exact) mass is 194 g/mol. The molecule has 0 aliphatic heterocycles. The van der Waals surface area contributed by atoms with Gasteiger partial charge in [0, 0.05) is 13.0 Å². The molecule has 1 radical (unpaired) electrons. The molecule has 0 saturated carbocycles. The lowest BCUT2D eigenvalue weighted by atomic mass is 10.2. The zero-order chi connectivity index (χ0) is 10.4. The highest BCUT2D eigenvalue weighted by atomic mass is 16.5. The molecule has 1 aromatic rings. The number of hydrogen-bond donors (Lipinski definition) is 2. The summed E-state index contributed by atoms with van der Waals surface area (Å²) in [5, 5.41) is 9.02. The zero-order valence-electron chi connectivity index (χ0n) is 8.36. The van der Waals surface area contributed by atoms with Crippen LogP contribution in [0.1, 0.15) is 18.9 Å². The lowest BCUT2D eigenvalue weighted by Crippen LogP contribution is -2.07. The smallest absolute Gasteiger partial charge is 0.119 e. The largest absolute Gasteiger partial charge is 0.493 e. The molecule has 3 nitrogen and oxygen atoms in total. The van der Waals surface area contributed by atoms with Crippen LogP contribution in [0.4, 0.5) is 0 Å². The van der Waals surface area contributed by atoms with Crippen LogP contribution in [-0.2, 0) is 6.54 Å². The first-order valence-electron chi connectivity index (χ1n) is 4.74. The van der Waals surface area contributed by atoms with Gasteiger partial charge in [-0.05, 0) is 30.7 Å². The number of hydrogen-bond acceptors (Lipinski definition) is 3. The number of rotatable bonds is 5. The Morgan fingerprint density at radius 3 is 3.07 bits per heavy atom. The molecule has 1 rings (SSSR count). The lowest BCUT2D eigenvalue weighted by molar-refractivity contribution is 0.155. The molecule has 0 aromatic heterocycles. The van der Waals surface area contributed by atoms with Gasteiger partial charge in [-0.15, -0.1) is 0 Å². The van der Waals surface area contributed by atoms with E-state index < -0.39 is 0 Å². The number of benzene rings is 1. The summed E-state index contributed by atoms with van der Waals surface area (Å²) < 4.78 is 5.42. The molecule has 0 spiro atoms. The molecule has 0 aliphatic carbocycles. The number of aliphatic hydroxyl groups is 1. The third kappa shape index (κ3) is 3.77. The summed E-state index contributed by atoms with van der Waals surface area (Å²) in [5.41, 5.74) is 6.40. The molecule has 1 aromatic carbocycles. The fourth-order valence-corrected chi connectivity index (χ4v) is 1.05. The van der Waals surface area contributed by atoms with Crippen molar-refractivity contribution in [3.63, 3.8) is 0 Å². The van der Waals surface area contributed by atoms with Crippen LogP contribution in [0, 0.1) is 6.07 Å². The molecule has 0 saturated heterocycles. The van der Waals surface area contributed by atoms with Gasteiger partial charge >= 0.3 is 0 Å². The Bertz CT molecular complexity index is 274. The summed E-state index contributed by atoms with van der Waals surface area (Å²) >= 11 is 0. The Labute approximate surface area is 84.5 Å². The standard InChI is InChI=1S/C11H16NO2/c1-9(13)5-6-14-11-4-2-3-10(7-11)8-12/h2,4,7,9,13H,5-6,8,12H2,1H3/t9-/m0/s1. The summed E-state index contributed by atoms with van der Waals surface area (Å²) in [7, 11) is 0. The molecular formula is C11H16NO2. The van der Waals surface area contributed by atoms with Gasteiger partial charge < -0.3 is 15.6 Å². The lowest BCUT2D eigenvalue weighted by Gasteiger charge is -2.08. The molecule has 0 aliphatic rings. The molecule has 0 fully saturated rings. The second-order valence-corrected chi connectivity index (χ2v) is 3.24. The maximum Gasteiger partial charge on any atom is 0.119 e. The van der Waals surface area contributed by atoms with Gasteiger partial charge in [-0.1, -0.05) is 6.07 Å². The van der Waals surface area contributed by atoms with E-state index in [2.05, 4.69) is 6.07 Å². The average molecular weight is 194 g/mol. The van der Waals surface area contributed by atoms with Crippen LogP contribution in [0.25, 0.3) is 0 Å². The van der Waals surface area contributed by atoms with Gasteiger partial charge in [0.05, 0.1) is 12.7 Å². The summed E-state index contributed by atoms with van der Waals surface area (Å²) in [6, 6.07) is 8.49. The van der Waals surface area contributed by atoms with Crippen LogP contribution < -0.4 is 10.5 Å². The van der Waals surface area contributed by atoms with Gasteiger partial charge in [-0.25, -0.2) is 0 Å². The van der Waals surface area contributed by atoms with E-state index in [1.807, 2.05) is 12.1 Å². The van der Waals surface area contributed by atoms with Crippen LogP contribution in [0.3, 0.4) is 0 Å². The molecule has 0 amide bonds. The van der Waals surface area contributed by atoms with E-state index in [1.165, 1.54) is 0 Å². The van der Waals surface area contributed by atoms with Crippen molar-refractivity contribution in [2.75, 3.05) is 6.61 Å². The van der Waals surface area contributed by atoms with Gasteiger partial charge in [-0.3, -0.25) is 0 Å². The van der Waals surface area contributed by atoms with E-state index in [4.69, 9.17) is 15.6 Å². The van der Waals surface area contributed by atoms with E-state index in [0.29, 0.717) is 19.6 Å². The van der Waals surface area contributed by atoms with Crippen LogP contribution in [0.15, 0.2) is 18.2 Å². The van der Waals surface area contributed by atoms with E-state index in [9.17, 15) is 0 Å². The minimum Gasteiger partial charge on any atom is -0.493 e. The predicted molar refractivity (Wildman–Crippen MR) is 55.0 cm³/mol. The third-order valence-electron chi connectivity index (χ3n) is 1.86. The van der Waals surface area contributed by atoms with E-state index in [1.54, 1.807) is 13.0 Å². The van der Waals surface area contributed by atoms with Gasteiger partial charge in [-0.2, -0.15) is 0 Å². The molecule has 77 valence electrons. The van der Waals surface area contributed by atoms with Crippen molar-refractivity contribution in [1.29, 1.82) is 0 Å². The molecular weight excluding hydrogens is 178 g/mol. The average Bonchev–Trinajstić information content (AvgIpc) is 2.18. The highest BCUT2D eigenvalue weighted by Gasteiger charge is 1.98. The molecule has 1 atom stereocenters. The second-order valence-electron chi connectivity index (χ2n) is 3.24. The van der Waals surface area contributed by atoms with E-state index >= 15 is 0 Å². The minimum absolute atomic E-state index is 0.320. The zero-order valence-corrected chi connectivity index (χ0v) is 8.36. The van der Waals surface area contributed by atoms with Crippen molar-refractivity contribution in [3.8, 4) is 5.75 Å². The Hall–Kier alpha value is -1.06. The molecule has 0 heterocycles. The molecule has 0 bridgehead atoms. The van der Waals surface area contributed by atoms with E-state index in [-0.39, 0.29) is 6.10 Å². The van der Waals surface area contributed by atoms with Crippen molar-refractivity contribution in [3.05, 3.63) is 29.8 Å². The molecule has 3 N–H and O–H groups in total. The van der Waals surface area contributed by atoms with Gasteiger partial charge in [0.1, 0.15) is 5.75 Å².